The summed E-state index contributed by atoms with van der Waals surface area (Å²) in [6.07, 6.45) is 0. The van der Waals surface area contributed by atoms with E-state index in [2.05, 4.69) is 9.44 Å². The SMILES string of the molecule is CCNS(=O)(=O)Nc1ccc(C(=O)N(C)C)c(Cl)c1. The first-order valence-electron chi connectivity index (χ1n) is 5.55. The van der Waals surface area contributed by atoms with Gasteiger partial charge in [-0.3, -0.25) is 9.52 Å². The number of hydrogen-bond donors (Lipinski definition) is 2. The van der Waals surface area contributed by atoms with Gasteiger partial charge in [0.25, 0.3) is 16.1 Å². The maximum Gasteiger partial charge on any atom is 0.299 e. The quantitative estimate of drug-likeness (QED) is 0.861. The third-order valence-electron chi connectivity index (χ3n) is 2.19. The maximum absolute atomic E-state index is 11.8. The van der Waals surface area contributed by atoms with Gasteiger partial charge in [-0.1, -0.05) is 18.5 Å². The number of amides is 1. The van der Waals surface area contributed by atoms with Crippen molar-refractivity contribution in [1.29, 1.82) is 0 Å². The Bertz CT molecular complexity index is 573. The van der Waals surface area contributed by atoms with Crippen LogP contribution in [0.2, 0.25) is 5.02 Å². The second-order valence-corrected chi connectivity index (χ2v) is 5.90. The van der Waals surface area contributed by atoms with E-state index in [0.29, 0.717) is 11.3 Å². The third-order valence-corrected chi connectivity index (χ3v) is 3.68. The van der Waals surface area contributed by atoms with Gasteiger partial charge in [-0.15, -0.1) is 0 Å². The minimum absolute atomic E-state index is 0.190. The first-order chi connectivity index (χ1) is 8.76. The van der Waals surface area contributed by atoms with Crippen LogP contribution in [0.5, 0.6) is 0 Å². The van der Waals surface area contributed by atoms with E-state index < -0.39 is 10.2 Å². The van der Waals surface area contributed by atoms with Crippen LogP contribution in [0.4, 0.5) is 5.69 Å². The van der Waals surface area contributed by atoms with Crippen molar-refractivity contribution in [2.24, 2.45) is 0 Å². The molecule has 0 aliphatic heterocycles. The molecule has 2 N–H and O–H groups in total. The van der Waals surface area contributed by atoms with Crippen molar-refractivity contribution in [3.63, 3.8) is 0 Å². The molecule has 1 amide bonds. The summed E-state index contributed by atoms with van der Waals surface area (Å²) in [5.41, 5.74) is 0.610. The highest BCUT2D eigenvalue weighted by molar-refractivity contribution is 7.90. The first-order valence-corrected chi connectivity index (χ1v) is 7.41. The molecule has 1 rings (SSSR count). The number of rotatable bonds is 5. The number of benzene rings is 1. The smallest absolute Gasteiger partial charge is 0.299 e. The highest BCUT2D eigenvalue weighted by Gasteiger charge is 2.14. The standard InChI is InChI=1S/C11H16ClN3O3S/c1-4-13-19(17,18)14-8-5-6-9(10(12)7-8)11(16)15(2)3/h5-7,13-14H,4H2,1-3H3. The van der Waals surface area contributed by atoms with Crippen LogP contribution in [-0.2, 0) is 10.2 Å². The Morgan fingerprint density at radius 2 is 2.00 bits per heavy atom. The molecule has 1 aromatic carbocycles. The van der Waals surface area contributed by atoms with E-state index in [4.69, 9.17) is 11.6 Å². The molecule has 6 nitrogen and oxygen atoms in total. The van der Waals surface area contributed by atoms with Crippen LogP contribution in [0, 0.1) is 0 Å². The summed E-state index contributed by atoms with van der Waals surface area (Å²) in [5.74, 6) is -0.244. The Balaban J connectivity index is 2.98. The average molecular weight is 306 g/mol. The zero-order valence-corrected chi connectivity index (χ0v) is 12.5. The van der Waals surface area contributed by atoms with E-state index in [1.165, 1.54) is 23.1 Å². The van der Waals surface area contributed by atoms with Gasteiger partial charge in [0.15, 0.2) is 0 Å². The van der Waals surface area contributed by atoms with Crippen molar-refractivity contribution in [2.75, 3.05) is 25.4 Å². The van der Waals surface area contributed by atoms with E-state index in [1.807, 2.05) is 0 Å². The zero-order valence-electron chi connectivity index (χ0n) is 10.9. The fourth-order valence-corrected chi connectivity index (χ4v) is 2.53. The van der Waals surface area contributed by atoms with Gasteiger partial charge in [0.1, 0.15) is 0 Å². The predicted molar refractivity (Wildman–Crippen MR) is 75.7 cm³/mol. The second-order valence-electron chi connectivity index (χ2n) is 4.00. The lowest BCUT2D eigenvalue weighted by Gasteiger charge is -2.13. The number of nitrogens with one attached hydrogen (secondary N) is 2. The Morgan fingerprint density at radius 3 is 2.47 bits per heavy atom. The van der Waals surface area contributed by atoms with Crippen molar-refractivity contribution in [3.8, 4) is 0 Å². The third kappa shape index (κ3) is 4.38. The fraction of sp³-hybridized carbons (Fsp3) is 0.364. The molecule has 0 unspecified atom stereocenters. The van der Waals surface area contributed by atoms with Crippen LogP contribution < -0.4 is 9.44 Å². The van der Waals surface area contributed by atoms with Gasteiger partial charge in [0, 0.05) is 20.6 Å². The van der Waals surface area contributed by atoms with Crippen LogP contribution in [0.1, 0.15) is 17.3 Å². The van der Waals surface area contributed by atoms with E-state index in [9.17, 15) is 13.2 Å². The lowest BCUT2D eigenvalue weighted by atomic mass is 10.2. The molecule has 0 aliphatic carbocycles. The molecule has 0 spiro atoms. The highest BCUT2D eigenvalue weighted by atomic mass is 35.5. The molecule has 0 heterocycles. The lowest BCUT2D eigenvalue weighted by molar-refractivity contribution is 0.0828. The molecule has 19 heavy (non-hydrogen) atoms. The molecule has 0 bridgehead atoms. The summed E-state index contributed by atoms with van der Waals surface area (Å²) in [6, 6.07) is 4.36. The van der Waals surface area contributed by atoms with E-state index >= 15 is 0 Å². The lowest BCUT2D eigenvalue weighted by Crippen LogP contribution is -2.29. The first kappa shape index (κ1) is 15.7. The minimum atomic E-state index is -3.60. The average Bonchev–Trinajstić information content (AvgIpc) is 2.27. The summed E-state index contributed by atoms with van der Waals surface area (Å²) in [5, 5.41) is 0.190. The molecule has 0 atom stereocenters. The predicted octanol–water partition coefficient (Wildman–Crippen LogP) is 1.31. The van der Waals surface area contributed by atoms with Crippen LogP contribution in [0.25, 0.3) is 0 Å². The van der Waals surface area contributed by atoms with Gasteiger partial charge in [0.05, 0.1) is 16.3 Å². The number of halogens is 1. The Kier molecular flexibility index (Phi) is 5.16. The molecule has 0 aromatic heterocycles. The molecular formula is C11H16ClN3O3S. The van der Waals surface area contributed by atoms with E-state index in [-0.39, 0.29) is 17.5 Å². The van der Waals surface area contributed by atoms with Crippen molar-refractivity contribution in [3.05, 3.63) is 28.8 Å². The van der Waals surface area contributed by atoms with Gasteiger partial charge in [-0.05, 0) is 18.2 Å². The summed E-state index contributed by atoms with van der Waals surface area (Å²) < 4.78 is 27.6. The molecule has 0 fully saturated rings. The maximum atomic E-state index is 11.8. The largest absolute Gasteiger partial charge is 0.345 e. The number of nitrogens with zero attached hydrogens (tertiary/aromatic N) is 1. The molecule has 8 heteroatoms. The molecule has 0 saturated carbocycles. The minimum Gasteiger partial charge on any atom is -0.345 e. The van der Waals surface area contributed by atoms with Gasteiger partial charge < -0.3 is 4.90 Å². The molecule has 0 radical (unpaired) electrons. The topological polar surface area (TPSA) is 78.5 Å². The van der Waals surface area contributed by atoms with Gasteiger partial charge in [-0.2, -0.15) is 13.1 Å². The number of anilines is 1. The fourth-order valence-electron chi connectivity index (χ4n) is 1.37. The Morgan fingerprint density at radius 1 is 1.37 bits per heavy atom. The van der Waals surface area contributed by atoms with E-state index in [0.717, 1.165) is 0 Å². The molecule has 0 saturated heterocycles. The summed E-state index contributed by atoms with van der Waals surface area (Å²) >= 11 is 5.97. The number of carbonyl (C=O) groups is 1. The van der Waals surface area contributed by atoms with Gasteiger partial charge >= 0.3 is 0 Å². The zero-order chi connectivity index (χ0) is 14.6. The van der Waals surface area contributed by atoms with Crippen molar-refractivity contribution < 1.29 is 13.2 Å². The highest BCUT2D eigenvalue weighted by Crippen LogP contribution is 2.22. The Hall–Kier alpha value is -1.31. The summed E-state index contributed by atoms with van der Waals surface area (Å²) in [6.45, 7) is 1.95. The van der Waals surface area contributed by atoms with Crippen molar-refractivity contribution >= 4 is 33.4 Å². The number of carbonyl (C=O) groups excluding carboxylic acids is 1. The number of hydrogen-bond acceptors (Lipinski definition) is 3. The summed E-state index contributed by atoms with van der Waals surface area (Å²) in [7, 11) is -0.382. The van der Waals surface area contributed by atoms with Crippen molar-refractivity contribution in [1.82, 2.24) is 9.62 Å². The second kappa shape index (κ2) is 6.23. The van der Waals surface area contributed by atoms with Gasteiger partial charge in [0.2, 0.25) is 0 Å². The van der Waals surface area contributed by atoms with Crippen LogP contribution in [-0.4, -0.2) is 39.9 Å². The molecule has 0 aliphatic rings. The van der Waals surface area contributed by atoms with Crippen molar-refractivity contribution in [2.45, 2.75) is 6.92 Å². The monoisotopic (exact) mass is 305 g/mol. The molecule has 106 valence electrons. The Labute approximate surface area is 117 Å². The molecule has 1 aromatic rings. The summed E-state index contributed by atoms with van der Waals surface area (Å²) in [4.78, 5) is 13.1. The van der Waals surface area contributed by atoms with Crippen LogP contribution in [0.15, 0.2) is 18.2 Å². The van der Waals surface area contributed by atoms with E-state index in [1.54, 1.807) is 21.0 Å². The normalized spacial score (nSPS) is 11.2. The van der Waals surface area contributed by atoms with Crippen LogP contribution in [0.3, 0.4) is 0 Å². The molecular weight excluding hydrogens is 290 g/mol. The van der Waals surface area contributed by atoms with Gasteiger partial charge in [-0.25, -0.2) is 0 Å². The van der Waals surface area contributed by atoms with Crippen LogP contribution >= 0.6 is 11.6 Å².